The molecular formula is C17H15N3O. The summed E-state index contributed by atoms with van der Waals surface area (Å²) in [5.41, 5.74) is 9.72. The zero-order valence-corrected chi connectivity index (χ0v) is 11.4. The molecule has 4 heteroatoms. The topological polar surface area (TPSA) is 60.9 Å². The predicted octanol–water partition coefficient (Wildman–Crippen LogP) is 2.81. The van der Waals surface area contributed by atoms with E-state index in [1.165, 1.54) is 0 Å². The summed E-state index contributed by atoms with van der Waals surface area (Å²) in [4.78, 5) is 11.3. The lowest BCUT2D eigenvalue weighted by molar-refractivity contribution is 0.112. The van der Waals surface area contributed by atoms with Crippen LogP contribution in [-0.4, -0.2) is 16.1 Å². The molecule has 0 aliphatic rings. The second kappa shape index (κ2) is 5.73. The Kier molecular flexibility index (Phi) is 3.62. The van der Waals surface area contributed by atoms with Crippen LogP contribution in [0, 0.1) is 0 Å². The molecule has 2 N–H and O–H groups in total. The fourth-order valence-corrected chi connectivity index (χ4v) is 2.21. The normalized spacial score (nSPS) is 10.5. The second-order valence-electron chi connectivity index (χ2n) is 4.73. The summed E-state index contributed by atoms with van der Waals surface area (Å²) >= 11 is 0. The van der Waals surface area contributed by atoms with Crippen LogP contribution in [0.2, 0.25) is 0 Å². The molecule has 4 nitrogen and oxygen atoms in total. The Morgan fingerprint density at radius 3 is 2.38 bits per heavy atom. The summed E-state index contributed by atoms with van der Waals surface area (Å²) < 4.78 is 1.72. The number of aldehydes is 1. The average Bonchev–Trinajstić information content (AvgIpc) is 3.00. The van der Waals surface area contributed by atoms with Gasteiger partial charge >= 0.3 is 0 Å². The molecule has 0 spiro atoms. The van der Waals surface area contributed by atoms with E-state index in [2.05, 4.69) is 5.10 Å². The fraction of sp³-hybridized carbons (Fsp3) is 0.0588. The monoisotopic (exact) mass is 277 g/mol. The molecular weight excluding hydrogens is 262 g/mol. The Morgan fingerprint density at radius 2 is 1.76 bits per heavy atom. The van der Waals surface area contributed by atoms with Crippen molar-refractivity contribution in [3.63, 3.8) is 0 Å². The molecule has 0 saturated heterocycles. The van der Waals surface area contributed by atoms with Crippen molar-refractivity contribution in [1.29, 1.82) is 0 Å². The van der Waals surface area contributed by atoms with Gasteiger partial charge in [0.25, 0.3) is 0 Å². The summed E-state index contributed by atoms with van der Waals surface area (Å²) in [7, 11) is 0. The minimum absolute atomic E-state index is 0.499. The third-order valence-corrected chi connectivity index (χ3v) is 3.35. The van der Waals surface area contributed by atoms with Crippen molar-refractivity contribution < 1.29 is 4.79 Å². The molecule has 0 unspecified atom stereocenters. The first-order valence-electron chi connectivity index (χ1n) is 6.71. The lowest BCUT2D eigenvalue weighted by atomic mass is 10.1. The van der Waals surface area contributed by atoms with Gasteiger partial charge in [0.15, 0.2) is 6.29 Å². The maximum atomic E-state index is 11.3. The number of aromatic nitrogens is 2. The fourth-order valence-electron chi connectivity index (χ4n) is 2.21. The Hall–Kier alpha value is -2.72. The van der Waals surface area contributed by atoms with Crippen molar-refractivity contribution >= 4 is 6.29 Å². The molecule has 0 bridgehead atoms. The molecule has 0 amide bonds. The number of benzene rings is 2. The molecule has 3 aromatic rings. The first-order valence-corrected chi connectivity index (χ1v) is 6.71. The van der Waals surface area contributed by atoms with Crippen molar-refractivity contribution in [2.75, 3.05) is 0 Å². The maximum absolute atomic E-state index is 11.3. The number of rotatable bonds is 4. The van der Waals surface area contributed by atoms with E-state index in [-0.39, 0.29) is 0 Å². The molecule has 0 fully saturated rings. The first-order chi connectivity index (χ1) is 10.3. The van der Waals surface area contributed by atoms with Gasteiger partial charge in [-0.05, 0) is 17.7 Å². The van der Waals surface area contributed by atoms with E-state index in [1.54, 1.807) is 10.9 Å². The van der Waals surface area contributed by atoms with Crippen molar-refractivity contribution in [1.82, 2.24) is 9.78 Å². The molecule has 1 aromatic heterocycles. The van der Waals surface area contributed by atoms with Crippen LogP contribution in [0.3, 0.4) is 0 Å². The van der Waals surface area contributed by atoms with Gasteiger partial charge in [-0.25, -0.2) is 4.68 Å². The van der Waals surface area contributed by atoms with Gasteiger partial charge in [0, 0.05) is 18.3 Å². The SMILES string of the molecule is NCc1ccc(-c2nn(-c3ccccc3)cc2C=O)cc1. The highest BCUT2D eigenvalue weighted by Crippen LogP contribution is 2.23. The number of hydrogen-bond acceptors (Lipinski definition) is 3. The quantitative estimate of drug-likeness (QED) is 0.746. The number of carbonyl (C=O) groups is 1. The van der Waals surface area contributed by atoms with Crippen molar-refractivity contribution in [3.05, 3.63) is 71.9 Å². The molecule has 1 heterocycles. The number of carbonyl (C=O) groups excluding carboxylic acids is 1. The largest absolute Gasteiger partial charge is 0.326 e. The van der Waals surface area contributed by atoms with Crippen LogP contribution < -0.4 is 5.73 Å². The summed E-state index contributed by atoms with van der Waals surface area (Å²) in [6.45, 7) is 0.499. The summed E-state index contributed by atoms with van der Waals surface area (Å²) in [6.07, 6.45) is 2.58. The Labute approximate surface area is 122 Å². The number of nitrogens with zero attached hydrogens (tertiary/aromatic N) is 2. The summed E-state index contributed by atoms with van der Waals surface area (Å²) in [6, 6.07) is 17.5. The van der Waals surface area contributed by atoms with Gasteiger partial charge in [-0.2, -0.15) is 5.10 Å². The minimum Gasteiger partial charge on any atom is -0.326 e. The number of hydrogen-bond donors (Lipinski definition) is 1. The molecule has 0 aliphatic heterocycles. The molecule has 2 aromatic carbocycles. The highest BCUT2D eigenvalue weighted by Gasteiger charge is 2.11. The van der Waals surface area contributed by atoms with Crippen LogP contribution in [0.1, 0.15) is 15.9 Å². The van der Waals surface area contributed by atoms with E-state index in [1.807, 2.05) is 54.6 Å². The Bertz CT molecular complexity index is 745. The number of para-hydroxylation sites is 1. The van der Waals surface area contributed by atoms with Gasteiger partial charge in [0.1, 0.15) is 5.69 Å². The van der Waals surface area contributed by atoms with Crippen LogP contribution in [0.15, 0.2) is 60.8 Å². The lowest BCUT2D eigenvalue weighted by Gasteiger charge is -2.01. The van der Waals surface area contributed by atoms with Gasteiger partial charge in [0.2, 0.25) is 0 Å². The van der Waals surface area contributed by atoms with E-state index in [0.29, 0.717) is 17.8 Å². The molecule has 21 heavy (non-hydrogen) atoms. The van der Waals surface area contributed by atoms with E-state index in [9.17, 15) is 4.79 Å². The van der Waals surface area contributed by atoms with Gasteiger partial charge in [-0.15, -0.1) is 0 Å². The summed E-state index contributed by atoms with van der Waals surface area (Å²) in [5, 5.41) is 4.53. The van der Waals surface area contributed by atoms with Crippen LogP contribution in [-0.2, 0) is 6.54 Å². The van der Waals surface area contributed by atoms with Crippen molar-refractivity contribution in [2.45, 2.75) is 6.54 Å². The zero-order valence-electron chi connectivity index (χ0n) is 11.4. The highest BCUT2D eigenvalue weighted by atomic mass is 16.1. The zero-order chi connectivity index (χ0) is 14.7. The van der Waals surface area contributed by atoms with Crippen LogP contribution in [0.5, 0.6) is 0 Å². The van der Waals surface area contributed by atoms with Gasteiger partial charge in [-0.1, -0.05) is 42.5 Å². The highest BCUT2D eigenvalue weighted by molar-refractivity contribution is 5.85. The molecule has 0 aliphatic carbocycles. The third kappa shape index (κ3) is 2.61. The van der Waals surface area contributed by atoms with E-state index in [4.69, 9.17) is 5.73 Å². The second-order valence-corrected chi connectivity index (χ2v) is 4.73. The van der Waals surface area contributed by atoms with Gasteiger partial charge < -0.3 is 5.73 Å². The van der Waals surface area contributed by atoms with Crippen LogP contribution in [0.4, 0.5) is 0 Å². The van der Waals surface area contributed by atoms with Gasteiger partial charge in [0.05, 0.1) is 11.3 Å². The standard InChI is InChI=1S/C17H15N3O/c18-10-13-6-8-14(9-7-13)17-15(12-21)11-20(19-17)16-4-2-1-3-5-16/h1-9,11-12H,10,18H2. The smallest absolute Gasteiger partial charge is 0.153 e. The van der Waals surface area contributed by atoms with Crippen molar-refractivity contribution in [2.24, 2.45) is 5.73 Å². The lowest BCUT2D eigenvalue weighted by Crippen LogP contribution is -1.96. The maximum Gasteiger partial charge on any atom is 0.153 e. The molecule has 104 valence electrons. The van der Waals surface area contributed by atoms with E-state index < -0.39 is 0 Å². The molecule has 0 saturated carbocycles. The third-order valence-electron chi connectivity index (χ3n) is 3.35. The molecule has 0 atom stereocenters. The van der Waals surface area contributed by atoms with Crippen molar-refractivity contribution in [3.8, 4) is 16.9 Å². The predicted molar refractivity (Wildman–Crippen MR) is 82.3 cm³/mol. The van der Waals surface area contributed by atoms with Crippen LogP contribution in [0.25, 0.3) is 16.9 Å². The van der Waals surface area contributed by atoms with Gasteiger partial charge in [-0.3, -0.25) is 4.79 Å². The number of nitrogens with two attached hydrogens (primary N) is 1. The van der Waals surface area contributed by atoms with E-state index >= 15 is 0 Å². The first kappa shape index (κ1) is 13.3. The molecule has 0 radical (unpaired) electrons. The Balaban J connectivity index is 2.05. The average molecular weight is 277 g/mol. The van der Waals surface area contributed by atoms with E-state index in [0.717, 1.165) is 23.1 Å². The summed E-state index contributed by atoms with van der Waals surface area (Å²) in [5.74, 6) is 0. The van der Waals surface area contributed by atoms with Crippen LogP contribution >= 0.6 is 0 Å². The molecule has 3 rings (SSSR count). The minimum atomic E-state index is 0.499. The Morgan fingerprint density at radius 1 is 1.05 bits per heavy atom.